The van der Waals surface area contributed by atoms with Crippen molar-refractivity contribution in [2.45, 2.75) is 31.8 Å². The van der Waals surface area contributed by atoms with Crippen LogP contribution in [0.1, 0.15) is 19.8 Å². The van der Waals surface area contributed by atoms with E-state index in [1.54, 1.807) is 6.92 Å². The molecule has 1 unspecified atom stereocenters. The topological polar surface area (TPSA) is 113 Å². The lowest BCUT2D eigenvalue weighted by atomic mass is 10.1. The highest BCUT2D eigenvalue weighted by atomic mass is 16.4. The first-order valence-electron chi connectivity index (χ1n) is 4.39. The smallest absolute Gasteiger partial charge is 0.305 e. The number of aliphatic hydroxyl groups excluding tert-OH is 1. The fourth-order valence-electron chi connectivity index (χ4n) is 0.866. The first-order valence-corrected chi connectivity index (χ1v) is 4.39. The quantitative estimate of drug-likeness (QED) is 0.428. The molecule has 14 heavy (non-hydrogen) atoms. The van der Waals surface area contributed by atoms with Crippen LogP contribution < -0.4 is 11.1 Å². The fraction of sp³-hybridized carbons (Fsp3) is 0.750. The Bertz CT molecular complexity index is 204. The highest BCUT2D eigenvalue weighted by Crippen LogP contribution is 1.93. The summed E-state index contributed by atoms with van der Waals surface area (Å²) in [4.78, 5) is 21.4. The molecule has 6 heteroatoms. The van der Waals surface area contributed by atoms with E-state index in [1.165, 1.54) is 0 Å². The first-order chi connectivity index (χ1) is 6.51. The summed E-state index contributed by atoms with van der Waals surface area (Å²) < 4.78 is 0. The molecular formula is C8H16N2O4. The summed E-state index contributed by atoms with van der Waals surface area (Å²) in [6.07, 6.45) is 0.162. The van der Waals surface area contributed by atoms with Gasteiger partial charge in [0.1, 0.15) is 0 Å². The highest BCUT2D eigenvalue weighted by molar-refractivity contribution is 5.86. The van der Waals surface area contributed by atoms with Crippen LogP contribution in [0.2, 0.25) is 0 Å². The molecule has 0 aromatic carbocycles. The molecule has 0 aliphatic carbocycles. The summed E-state index contributed by atoms with van der Waals surface area (Å²) in [5.74, 6) is -1.67. The Hall–Kier alpha value is -1.14. The van der Waals surface area contributed by atoms with Gasteiger partial charge in [-0.3, -0.25) is 9.59 Å². The van der Waals surface area contributed by atoms with Gasteiger partial charge in [-0.25, -0.2) is 0 Å². The Morgan fingerprint density at radius 1 is 1.50 bits per heavy atom. The molecule has 0 saturated carbocycles. The number of hydrogen-bond donors (Lipinski definition) is 4. The van der Waals surface area contributed by atoms with Crippen LogP contribution in [-0.2, 0) is 9.59 Å². The maximum Gasteiger partial charge on any atom is 0.305 e. The summed E-state index contributed by atoms with van der Waals surface area (Å²) in [5.41, 5.74) is 5.30. The van der Waals surface area contributed by atoms with Crippen LogP contribution in [0.15, 0.2) is 0 Å². The minimum absolute atomic E-state index is 0.179. The van der Waals surface area contributed by atoms with Crippen LogP contribution >= 0.6 is 0 Å². The summed E-state index contributed by atoms with van der Waals surface area (Å²) in [6, 6.07) is -1.42. The molecule has 6 nitrogen and oxygen atoms in total. The number of aliphatic hydroxyl groups is 1. The van der Waals surface area contributed by atoms with Crippen molar-refractivity contribution in [3.05, 3.63) is 0 Å². The lowest BCUT2D eigenvalue weighted by Crippen LogP contribution is -2.47. The average Bonchev–Trinajstić information content (AvgIpc) is 2.12. The largest absolute Gasteiger partial charge is 0.481 e. The lowest BCUT2D eigenvalue weighted by molar-refractivity contribution is -0.139. The third-order valence-corrected chi connectivity index (χ3v) is 1.79. The number of rotatable bonds is 6. The average molecular weight is 204 g/mol. The van der Waals surface area contributed by atoms with E-state index in [0.29, 0.717) is 6.42 Å². The summed E-state index contributed by atoms with van der Waals surface area (Å²) in [5, 5.41) is 19.6. The van der Waals surface area contributed by atoms with Gasteiger partial charge in [-0.15, -0.1) is 0 Å². The van der Waals surface area contributed by atoms with E-state index in [-0.39, 0.29) is 12.6 Å². The molecule has 0 rings (SSSR count). The molecule has 0 aliphatic heterocycles. The molecule has 0 spiro atoms. The molecule has 0 fully saturated rings. The molecule has 5 N–H and O–H groups in total. The van der Waals surface area contributed by atoms with Gasteiger partial charge < -0.3 is 21.3 Å². The van der Waals surface area contributed by atoms with Gasteiger partial charge in [0.25, 0.3) is 0 Å². The van der Waals surface area contributed by atoms with E-state index in [9.17, 15) is 9.59 Å². The molecule has 0 bridgehead atoms. The molecule has 0 radical (unpaired) electrons. The maximum atomic E-state index is 11.2. The van der Waals surface area contributed by atoms with E-state index in [4.69, 9.17) is 15.9 Å². The number of carboxylic acids is 1. The van der Waals surface area contributed by atoms with Gasteiger partial charge >= 0.3 is 5.97 Å². The third-order valence-electron chi connectivity index (χ3n) is 1.79. The van der Waals surface area contributed by atoms with E-state index < -0.39 is 24.3 Å². The highest BCUT2D eigenvalue weighted by Gasteiger charge is 2.18. The minimum atomic E-state index is -1.12. The molecule has 1 amide bonds. The van der Waals surface area contributed by atoms with Crippen molar-refractivity contribution in [2.24, 2.45) is 5.73 Å². The van der Waals surface area contributed by atoms with Crippen LogP contribution in [0.3, 0.4) is 0 Å². The van der Waals surface area contributed by atoms with E-state index in [1.807, 2.05) is 0 Å². The third kappa shape index (κ3) is 4.78. The number of nitrogens with two attached hydrogens (primary N) is 1. The van der Waals surface area contributed by atoms with E-state index in [2.05, 4.69) is 5.32 Å². The lowest BCUT2D eigenvalue weighted by Gasteiger charge is -2.16. The standard InChI is InChI=1S/C8H16N2O4/c1-2-5(4-11)10-8(14)6(9)3-7(12)13/h5-6,11H,2-4,9H2,1H3,(H,10,14)(H,12,13)/t5-,6?/m0/s1. The number of aliphatic carboxylic acids is 1. The predicted molar refractivity (Wildman–Crippen MR) is 49.5 cm³/mol. The van der Waals surface area contributed by atoms with Crippen molar-refractivity contribution in [1.82, 2.24) is 5.32 Å². The molecular weight excluding hydrogens is 188 g/mol. The van der Waals surface area contributed by atoms with Crippen molar-refractivity contribution in [3.8, 4) is 0 Å². The number of carboxylic acid groups (broad SMARTS) is 1. The van der Waals surface area contributed by atoms with E-state index in [0.717, 1.165) is 0 Å². The van der Waals surface area contributed by atoms with Crippen LogP contribution in [0.5, 0.6) is 0 Å². The van der Waals surface area contributed by atoms with Crippen molar-refractivity contribution in [1.29, 1.82) is 0 Å². The maximum absolute atomic E-state index is 11.2. The van der Waals surface area contributed by atoms with E-state index >= 15 is 0 Å². The van der Waals surface area contributed by atoms with Crippen LogP contribution in [0.25, 0.3) is 0 Å². The summed E-state index contributed by atoms with van der Waals surface area (Å²) >= 11 is 0. The SMILES string of the molecule is CC[C@@H](CO)NC(=O)C(N)CC(=O)O. The van der Waals surface area contributed by atoms with Crippen molar-refractivity contribution in [2.75, 3.05) is 6.61 Å². The Kier molecular flexibility index (Phi) is 5.82. The van der Waals surface area contributed by atoms with Gasteiger partial charge in [-0.2, -0.15) is 0 Å². The predicted octanol–water partition coefficient (Wildman–Crippen LogP) is -1.32. The zero-order chi connectivity index (χ0) is 11.1. The van der Waals surface area contributed by atoms with Gasteiger partial charge in [-0.1, -0.05) is 6.92 Å². The van der Waals surface area contributed by atoms with Gasteiger partial charge in [0, 0.05) is 0 Å². The molecule has 0 heterocycles. The monoisotopic (exact) mass is 204 g/mol. The zero-order valence-corrected chi connectivity index (χ0v) is 8.06. The molecule has 0 aromatic rings. The second-order valence-corrected chi connectivity index (χ2v) is 3.00. The molecule has 2 atom stereocenters. The van der Waals surface area contributed by atoms with Crippen molar-refractivity contribution >= 4 is 11.9 Å². The Balaban J connectivity index is 3.99. The number of nitrogens with one attached hydrogen (secondary N) is 1. The summed E-state index contributed by atoms with van der Waals surface area (Å²) in [6.45, 7) is 1.62. The molecule has 0 aliphatic rings. The van der Waals surface area contributed by atoms with Crippen LogP contribution in [0, 0.1) is 0 Å². The van der Waals surface area contributed by atoms with Gasteiger partial charge in [0.15, 0.2) is 0 Å². The van der Waals surface area contributed by atoms with Crippen molar-refractivity contribution < 1.29 is 19.8 Å². The second-order valence-electron chi connectivity index (χ2n) is 3.00. The van der Waals surface area contributed by atoms with Crippen LogP contribution in [0.4, 0.5) is 0 Å². The fourth-order valence-corrected chi connectivity index (χ4v) is 0.866. The molecule has 82 valence electrons. The molecule has 0 saturated heterocycles. The normalized spacial score (nSPS) is 14.5. The van der Waals surface area contributed by atoms with Gasteiger partial charge in [-0.05, 0) is 6.42 Å². The first kappa shape index (κ1) is 12.9. The number of hydrogen-bond acceptors (Lipinski definition) is 4. The van der Waals surface area contributed by atoms with Gasteiger partial charge in [0.2, 0.25) is 5.91 Å². The van der Waals surface area contributed by atoms with Crippen molar-refractivity contribution in [3.63, 3.8) is 0 Å². The minimum Gasteiger partial charge on any atom is -0.481 e. The number of amides is 1. The number of carbonyl (C=O) groups is 2. The summed E-state index contributed by atoms with van der Waals surface area (Å²) in [7, 11) is 0. The van der Waals surface area contributed by atoms with Gasteiger partial charge in [0.05, 0.1) is 25.1 Å². The Labute approximate surface area is 82.1 Å². The van der Waals surface area contributed by atoms with Crippen LogP contribution in [-0.4, -0.2) is 40.8 Å². The Morgan fingerprint density at radius 2 is 2.07 bits per heavy atom. The zero-order valence-electron chi connectivity index (χ0n) is 8.06. The second kappa shape index (κ2) is 6.33. The molecule has 0 aromatic heterocycles. The Morgan fingerprint density at radius 3 is 2.43 bits per heavy atom. The number of carbonyl (C=O) groups excluding carboxylic acids is 1.